The third-order valence-corrected chi connectivity index (χ3v) is 4.27. The highest BCUT2D eigenvalue weighted by atomic mass is 32.2. The summed E-state index contributed by atoms with van der Waals surface area (Å²) in [6.07, 6.45) is 2.79. The Morgan fingerprint density at radius 2 is 1.86 bits per heavy atom. The van der Waals surface area contributed by atoms with E-state index in [0.29, 0.717) is 25.4 Å². The Labute approximate surface area is 131 Å². The SMILES string of the molecule is CCOc1ccc(CNCc2ncccc2S(C)(=O)=O)cc1. The van der Waals surface area contributed by atoms with Gasteiger partial charge in [-0.1, -0.05) is 12.1 Å². The van der Waals surface area contributed by atoms with Crippen molar-refractivity contribution in [3.8, 4) is 5.75 Å². The second kappa shape index (κ2) is 7.38. The monoisotopic (exact) mass is 320 g/mol. The Morgan fingerprint density at radius 1 is 1.14 bits per heavy atom. The molecule has 2 aromatic rings. The predicted octanol–water partition coefficient (Wildman–Crippen LogP) is 2.17. The summed E-state index contributed by atoms with van der Waals surface area (Å²) in [5.74, 6) is 0.843. The Balaban J connectivity index is 1.97. The number of hydrogen-bond acceptors (Lipinski definition) is 5. The molecular weight excluding hydrogens is 300 g/mol. The third kappa shape index (κ3) is 4.54. The van der Waals surface area contributed by atoms with Crippen molar-refractivity contribution >= 4 is 9.84 Å². The molecule has 0 saturated carbocycles. The molecule has 0 atom stereocenters. The van der Waals surface area contributed by atoms with Crippen LogP contribution in [0.1, 0.15) is 18.2 Å². The van der Waals surface area contributed by atoms with Gasteiger partial charge in [-0.3, -0.25) is 4.98 Å². The van der Waals surface area contributed by atoms with Gasteiger partial charge in [0.2, 0.25) is 0 Å². The number of aromatic nitrogens is 1. The topological polar surface area (TPSA) is 68.3 Å². The van der Waals surface area contributed by atoms with Crippen molar-refractivity contribution < 1.29 is 13.2 Å². The molecule has 1 aromatic heterocycles. The van der Waals surface area contributed by atoms with Gasteiger partial charge in [0.05, 0.1) is 17.2 Å². The van der Waals surface area contributed by atoms with Crippen molar-refractivity contribution in [1.82, 2.24) is 10.3 Å². The summed E-state index contributed by atoms with van der Waals surface area (Å²) < 4.78 is 28.8. The van der Waals surface area contributed by atoms with Crippen LogP contribution in [0.4, 0.5) is 0 Å². The zero-order valence-electron chi connectivity index (χ0n) is 12.7. The summed E-state index contributed by atoms with van der Waals surface area (Å²) in [6.45, 7) is 3.62. The predicted molar refractivity (Wildman–Crippen MR) is 85.5 cm³/mol. The van der Waals surface area contributed by atoms with Gasteiger partial charge in [-0.2, -0.15) is 0 Å². The summed E-state index contributed by atoms with van der Waals surface area (Å²) >= 11 is 0. The van der Waals surface area contributed by atoms with Crippen molar-refractivity contribution in [3.63, 3.8) is 0 Å². The van der Waals surface area contributed by atoms with Crippen molar-refractivity contribution in [2.75, 3.05) is 12.9 Å². The Bertz CT molecular complexity index is 712. The lowest BCUT2D eigenvalue weighted by Crippen LogP contribution is -2.16. The molecule has 22 heavy (non-hydrogen) atoms. The van der Waals surface area contributed by atoms with Crippen LogP contribution in [0, 0.1) is 0 Å². The first-order valence-electron chi connectivity index (χ1n) is 7.07. The Morgan fingerprint density at radius 3 is 2.50 bits per heavy atom. The highest BCUT2D eigenvalue weighted by Gasteiger charge is 2.13. The molecule has 2 rings (SSSR count). The maximum Gasteiger partial charge on any atom is 0.177 e. The first kappa shape index (κ1) is 16.5. The smallest absolute Gasteiger partial charge is 0.177 e. The van der Waals surface area contributed by atoms with Crippen molar-refractivity contribution in [2.45, 2.75) is 24.9 Å². The van der Waals surface area contributed by atoms with E-state index in [1.54, 1.807) is 18.3 Å². The number of nitrogens with zero attached hydrogens (tertiary/aromatic N) is 1. The molecule has 1 N–H and O–H groups in total. The highest BCUT2D eigenvalue weighted by Crippen LogP contribution is 2.14. The van der Waals surface area contributed by atoms with E-state index in [0.717, 1.165) is 11.3 Å². The minimum atomic E-state index is -3.26. The molecule has 0 aliphatic heterocycles. The minimum absolute atomic E-state index is 0.272. The van der Waals surface area contributed by atoms with Gasteiger partial charge in [0.1, 0.15) is 5.75 Å². The van der Waals surface area contributed by atoms with Crippen LogP contribution in [0.25, 0.3) is 0 Å². The molecule has 1 heterocycles. The average molecular weight is 320 g/mol. The van der Waals surface area contributed by atoms with Gasteiger partial charge >= 0.3 is 0 Å². The molecule has 6 heteroatoms. The Kier molecular flexibility index (Phi) is 5.51. The zero-order chi connectivity index (χ0) is 16.0. The summed E-state index contributed by atoms with van der Waals surface area (Å²) in [4.78, 5) is 4.43. The minimum Gasteiger partial charge on any atom is -0.494 e. The molecule has 5 nitrogen and oxygen atoms in total. The van der Waals surface area contributed by atoms with E-state index in [1.165, 1.54) is 6.26 Å². The highest BCUT2D eigenvalue weighted by molar-refractivity contribution is 7.90. The van der Waals surface area contributed by atoms with Crippen molar-refractivity contribution in [1.29, 1.82) is 0 Å². The number of ether oxygens (including phenoxy) is 1. The van der Waals surface area contributed by atoms with Crippen LogP contribution in [0.15, 0.2) is 47.5 Å². The van der Waals surface area contributed by atoms with E-state index < -0.39 is 9.84 Å². The largest absolute Gasteiger partial charge is 0.494 e. The van der Waals surface area contributed by atoms with E-state index >= 15 is 0 Å². The number of rotatable bonds is 7. The summed E-state index contributed by atoms with van der Waals surface area (Å²) in [5, 5.41) is 3.21. The first-order valence-corrected chi connectivity index (χ1v) is 8.96. The normalized spacial score (nSPS) is 11.4. The first-order chi connectivity index (χ1) is 10.5. The summed E-state index contributed by atoms with van der Waals surface area (Å²) in [6, 6.07) is 11.0. The second-order valence-electron chi connectivity index (χ2n) is 4.90. The number of nitrogens with one attached hydrogen (secondary N) is 1. The number of pyridine rings is 1. The molecule has 0 aliphatic carbocycles. The van der Waals surface area contributed by atoms with E-state index in [1.807, 2.05) is 31.2 Å². The molecule has 0 fully saturated rings. The van der Waals surface area contributed by atoms with Crippen molar-refractivity contribution in [3.05, 3.63) is 53.9 Å². The van der Waals surface area contributed by atoms with E-state index in [2.05, 4.69) is 10.3 Å². The molecule has 0 amide bonds. The molecule has 0 bridgehead atoms. The molecule has 0 saturated heterocycles. The lowest BCUT2D eigenvalue weighted by molar-refractivity contribution is 0.340. The fraction of sp³-hybridized carbons (Fsp3) is 0.312. The molecular formula is C16H20N2O3S. The van der Waals surface area contributed by atoms with E-state index in [9.17, 15) is 8.42 Å². The number of hydrogen-bond donors (Lipinski definition) is 1. The quantitative estimate of drug-likeness (QED) is 0.847. The molecule has 0 aliphatic rings. The maximum atomic E-state index is 11.7. The third-order valence-electron chi connectivity index (χ3n) is 3.10. The second-order valence-corrected chi connectivity index (χ2v) is 6.89. The van der Waals surface area contributed by atoms with E-state index in [4.69, 9.17) is 4.74 Å². The van der Waals surface area contributed by atoms with Crippen LogP contribution in [0.2, 0.25) is 0 Å². The van der Waals surface area contributed by atoms with Gasteiger partial charge in [-0.15, -0.1) is 0 Å². The van der Waals surface area contributed by atoms with Gasteiger partial charge in [0, 0.05) is 25.5 Å². The molecule has 0 radical (unpaired) electrons. The summed E-state index contributed by atoms with van der Waals surface area (Å²) in [7, 11) is -3.26. The molecule has 0 spiro atoms. The van der Waals surface area contributed by atoms with Gasteiger partial charge in [-0.05, 0) is 36.8 Å². The lowest BCUT2D eigenvalue weighted by Gasteiger charge is -2.09. The molecule has 1 aromatic carbocycles. The van der Waals surface area contributed by atoms with Crippen LogP contribution in [-0.2, 0) is 22.9 Å². The standard InChI is InChI=1S/C16H20N2O3S/c1-3-21-14-8-6-13(7-9-14)11-17-12-15-16(22(2,19)20)5-4-10-18-15/h4-10,17H,3,11-12H2,1-2H3. The van der Waals surface area contributed by atoms with E-state index in [-0.39, 0.29) is 4.90 Å². The summed E-state index contributed by atoms with van der Waals surface area (Å²) in [5.41, 5.74) is 1.64. The van der Waals surface area contributed by atoms with Crippen LogP contribution in [0.5, 0.6) is 5.75 Å². The van der Waals surface area contributed by atoms with Crippen LogP contribution >= 0.6 is 0 Å². The van der Waals surface area contributed by atoms with Crippen LogP contribution < -0.4 is 10.1 Å². The van der Waals surface area contributed by atoms with Crippen LogP contribution in [0.3, 0.4) is 0 Å². The maximum absolute atomic E-state index is 11.7. The lowest BCUT2D eigenvalue weighted by atomic mass is 10.2. The van der Waals surface area contributed by atoms with Gasteiger partial charge in [0.15, 0.2) is 9.84 Å². The fourth-order valence-corrected chi connectivity index (χ4v) is 2.97. The van der Waals surface area contributed by atoms with Gasteiger partial charge in [0.25, 0.3) is 0 Å². The Hall–Kier alpha value is -1.92. The average Bonchev–Trinajstić information content (AvgIpc) is 2.49. The van der Waals surface area contributed by atoms with Crippen molar-refractivity contribution in [2.24, 2.45) is 0 Å². The number of sulfone groups is 1. The van der Waals surface area contributed by atoms with Crippen LogP contribution in [-0.4, -0.2) is 26.3 Å². The van der Waals surface area contributed by atoms with Gasteiger partial charge in [-0.25, -0.2) is 8.42 Å². The molecule has 118 valence electrons. The number of benzene rings is 1. The molecule has 0 unspecified atom stereocenters. The fourth-order valence-electron chi connectivity index (χ4n) is 2.09. The zero-order valence-corrected chi connectivity index (χ0v) is 13.6. The van der Waals surface area contributed by atoms with Gasteiger partial charge < -0.3 is 10.1 Å².